The van der Waals surface area contributed by atoms with Crippen molar-refractivity contribution < 1.29 is 33.0 Å². The van der Waals surface area contributed by atoms with Crippen LogP contribution >= 0.6 is 0 Å². The van der Waals surface area contributed by atoms with Crippen LogP contribution in [0.5, 0.6) is 0 Å². The van der Waals surface area contributed by atoms with Crippen molar-refractivity contribution in [2.24, 2.45) is 10.3 Å². The van der Waals surface area contributed by atoms with Gasteiger partial charge in [-0.25, -0.2) is 13.6 Å². The van der Waals surface area contributed by atoms with Gasteiger partial charge in [-0.15, -0.1) is 0 Å². The van der Waals surface area contributed by atoms with Gasteiger partial charge in [-0.2, -0.15) is 0 Å². The third-order valence-electron chi connectivity index (χ3n) is 3.68. The average Bonchev–Trinajstić information content (AvgIpc) is 3.08. The van der Waals surface area contributed by atoms with Crippen LogP contribution in [0.25, 0.3) is 0 Å². The number of hydrogen-bond donors (Lipinski definition) is 1. The summed E-state index contributed by atoms with van der Waals surface area (Å²) in [5, 5.41) is 16.8. The number of halogens is 2. The van der Waals surface area contributed by atoms with E-state index in [-0.39, 0.29) is 12.8 Å². The van der Waals surface area contributed by atoms with Gasteiger partial charge in [0.25, 0.3) is 11.8 Å². The van der Waals surface area contributed by atoms with E-state index in [1.807, 2.05) is 0 Å². The first-order chi connectivity index (χ1) is 11.3. The van der Waals surface area contributed by atoms with Gasteiger partial charge in [0, 0.05) is 12.8 Å². The molecule has 1 aromatic rings. The second-order valence-electron chi connectivity index (χ2n) is 5.25. The molecular formula is C14H11F2N4O4+. The molecule has 0 aromatic heterocycles. The lowest BCUT2D eigenvalue weighted by Crippen LogP contribution is -2.54. The quantitative estimate of drug-likeness (QED) is 0.667. The largest absolute Gasteiger partial charge is 0.476 e. The third kappa shape index (κ3) is 2.46. The molecule has 10 heteroatoms. The Bertz CT molecular complexity index is 787. The summed E-state index contributed by atoms with van der Waals surface area (Å²) in [5.41, 5.74) is -0.967. The monoisotopic (exact) mass is 337 g/mol. The van der Waals surface area contributed by atoms with Crippen molar-refractivity contribution in [1.29, 1.82) is 0 Å². The maximum absolute atomic E-state index is 14.0. The van der Waals surface area contributed by atoms with Gasteiger partial charge in [0.05, 0.1) is 10.8 Å². The molecule has 124 valence electrons. The van der Waals surface area contributed by atoms with Crippen LogP contribution in [-0.2, 0) is 20.9 Å². The van der Waals surface area contributed by atoms with Crippen LogP contribution in [0.15, 0.2) is 40.4 Å². The molecule has 2 aliphatic rings. The number of carbonyl (C=O) groups excluding carboxylic acids is 2. The summed E-state index contributed by atoms with van der Waals surface area (Å²) >= 11 is 0. The molecule has 8 nitrogen and oxygen atoms in total. The first-order valence-electron chi connectivity index (χ1n) is 6.90. The van der Waals surface area contributed by atoms with Gasteiger partial charge in [0.1, 0.15) is 11.6 Å². The second kappa shape index (κ2) is 5.57. The maximum atomic E-state index is 14.0. The molecule has 1 aromatic carbocycles. The van der Waals surface area contributed by atoms with Crippen LogP contribution in [0, 0.1) is 11.6 Å². The smallest absolute Gasteiger partial charge is 0.362 e. The number of aliphatic carboxylic acids is 1. The maximum Gasteiger partial charge on any atom is 0.362 e. The molecule has 2 heterocycles. The average molecular weight is 337 g/mol. The van der Waals surface area contributed by atoms with Gasteiger partial charge in [-0.1, -0.05) is 16.2 Å². The van der Waals surface area contributed by atoms with Crippen LogP contribution in [0.3, 0.4) is 0 Å². The Balaban J connectivity index is 2.11. The van der Waals surface area contributed by atoms with Gasteiger partial charge in [-0.3, -0.25) is 9.59 Å². The second-order valence-corrected chi connectivity index (χ2v) is 5.25. The Morgan fingerprint density at radius 2 is 1.79 bits per heavy atom. The Morgan fingerprint density at radius 3 is 2.29 bits per heavy atom. The van der Waals surface area contributed by atoms with E-state index in [4.69, 9.17) is 5.11 Å². The SMILES string of the molecule is O=C(O)C1=C[N+](Cc2c(F)cccc2F)(N2C(=O)CCC2=O)N=N1. The zero-order valence-corrected chi connectivity index (χ0v) is 12.1. The molecule has 24 heavy (non-hydrogen) atoms. The summed E-state index contributed by atoms with van der Waals surface area (Å²) in [5.74, 6) is -4.50. The van der Waals surface area contributed by atoms with E-state index >= 15 is 0 Å². The molecule has 2 aliphatic heterocycles. The molecule has 1 fully saturated rings. The Morgan fingerprint density at radius 1 is 1.21 bits per heavy atom. The summed E-state index contributed by atoms with van der Waals surface area (Å²) in [6.45, 7) is -0.601. The minimum Gasteiger partial charge on any atom is -0.476 e. The molecule has 0 aliphatic carbocycles. The molecule has 1 saturated heterocycles. The molecule has 0 radical (unpaired) electrons. The summed E-state index contributed by atoms with van der Waals surface area (Å²) < 4.78 is 26.9. The standard InChI is InChI=1S/C14H10F2N4O4/c15-9-2-1-3-10(16)8(9)6-20(7-11(14(23)24)17-18-20)19-12(21)4-5-13(19)22/h1-3,7H,4-6H2/p+1. The van der Waals surface area contributed by atoms with Gasteiger partial charge in [-0.05, 0) is 16.8 Å². The summed E-state index contributed by atoms with van der Waals surface area (Å²) in [7, 11) is 0. The number of carboxylic acids is 1. The molecule has 3 rings (SSSR count). The number of benzene rings is 1. The number of hydrogen-bond acceptors (Lipinski definition) is 5. The zero-order chi connectivity index (χ0) is 17.5. The van der Waals surface area contributed by atoms with Gasteiger partial charge >= 0.3 is 5.97 Å². The summed E-state index contributed by atoms with van der Waals surface area (Å²) in [6.07, 6.45) is 0.726. The first kappa shape index (κ1) is 15.9. The lowest BCUT2D eigenvalue weighted by atomic mass is 10.2. The van der Waals surface area contributed by atoms with E-state index < -0.39 is 51.9 Å². The minimum absolute atomic E-state index is 0.0929. The Labute approximate surface area is 133 Å². The van der Waals surface area contributed by atoms with Gasteiger partial charge in [0.15, 0.2) is 12.7 Å². The van der Waals surface area contributed by atoms with E-state index in [0.29, 0.717) is 5.01 Å². The van der Waals surface area contributed by atoms with Crippen LogP contribution in [-0.4, -0.2) is 32.6 Å². The number of quaternary nitrogens is 1. The van der Waals surface area contributed by atoms with E-state index in [9.17, 15) is 23.2 Å². The van der Waals surface area contributed by atoms with Crippen LogP contribution in [0.2, 0.25) is 0 Å². The lowest BCUT2D eigenvalue weighted by Gasteiger charge is -2.29. The van der Waals surface area contributed by atoms with Crippen molar-refractivity contribution in [3.05, 3.63) is 47.3 Å². The van der Waals surface area contributed by atoms with Crippen molar-refractivity contribution in [3.8, 4) is 0 Å². The van der Waals surface area contributed by atoms with Crippen molar-refractivity contribution >= 4 is 17.8 Å². The minimum atomic E-state index is -1.44. The van der Waals surface area contributed by atoms with E-state index in [2.05, 4.69) is 10.3 Å². The third-order valence-corrected chi connectivity index (χ3v) is 3.68. The number of rotatable bonds is 4. The molecule has 1 atom stereocenters. The number of nitrogens with zero attached hydrogens (tertiary/aromatic N) is 4. The zero-order valence-electron chi connectivity index (χ0n) is 12.1. The Hall–Kier alpha value is -3.01. The molecule has 0 saturated carbocycles. The number of carbonyl (C=O) groups is 3. The van der Waals surface area contributed by atoms with E-state index in [1.54, 1.807) is 0 Å². The predicted octanol–water partition coefficient (Wildman–Crippen LogP) is 1.65. The lowest BCUT2D eigenvalue weighted by molar-refractivity contribution is -0.987. The van der Waals surface area contributed by atoms with Crippen molar-refractivity contribution in [1.82, 2.24) is 5.01 Å². The van der Waals surface area contributed by atoms with Crippen LogP contribution < -0.4 is 0 Å². The number of carboxylic acid groups (broad SMARTS) is 1. The number of amides is 2. The highest BCUT2D eigenvalue weighted by Crippen LogP contribution is 2.33. The fraction of sp³-hybridized carbons (Fsp3) is 0.214. The highest BCUT2D eigenvalue weighted by molar-refractivity contribution is 6.00. The molecule has 0 spiro atoms. The first-order valence-corrected chi connectivity index (χ1v) is 6.90. The fourth-order valence-corrected chi connectivity index (χ4v) is 2.58. The van der Waals surface area contributed by atoms with E-state index in [0.717, 1.165) is 24.4 Å². The summed E-state index contributed by atoms with van der Waals surface area (Å²) in [4.78, 5) is 35.2. The van der Waals surface area contributed by atoms with Crippen molar-refractivity contribution in [2.45, 2.75) is 19.4 Å². The van der Waals surface area contributed by atoms with Crippen LogP contribution in [0.1, 0.15) is 18.4 Å². The van der Waals surface area contributed by atoms with E-state index in [1.165, 1.54) is 0 Å². The Kier molecular flexibility index (Phi) is 3.68. The van der Waals surface area contributed by atoms with Crippen LogP contribution in [0.4, 0.5) is 8.78 Å². The normalized spacial score (nSPS) is 23.1. The molecule has 1 N–H and O–H groups in total. The number of imide groups is 1. The predicted molar refractivity (Wildman–Crippen MR) is 72.0 cm³/mol. The van der Waals surface area contributed by atoms with Gasteiger partial charge < -0.3 is 5.11 Å². The van der Waals surface area contributed by atoms with Crippen molar-refractivity contribution in [3.63, 3.8) is 0 Å². The summed E-state index contributed by atoms with van der Waals surface area (Å²) in [6, 6.07) is 3.18. The molecular weight excluding hydrogens is 326 g/mol. The van der Waals surface area contributed by atoms with Gasteiger partial charge in [0.2, 0.25) is 5.70 Å². The molecule has 1 unspecified atom stereocenters. The highest BCUT2D eigenvalue weighted by atomic mass is 19.1. The highest BCUT2D eigenvalue weighted by Gasteiger charge is 2.51. The topological polar surface area (TPSA) is 99.4 Å². The molecule has 0 bridgehead atoms. The van der Waals surface area contributed by atoms with Crippen molar-refractivity contribution in [2.75, 3.05) is 0 Å². The fourth-order valence-electron chi connectivity index (χ4n) is 2.58. The molecule has 2 amide bonds.